The fraction of sp³-hybridized carbons (Fsp3) is 0.667. The van der Waals surface area contributed by atoms with Crippen LogP contribution in [0.5, 0.6) is 5.75 Å². The number of ether oxygens (including phenoxy) is 1. The SMILES string of the molecule is CS(=O)(=O)c1ccc(OCC2CCC(N3CCN(C(=O)O)CC34CC4)CC2)c(F)c1. The highest BCUT2D eigenvalue weighted by molar-refractivity contribution is 7.90. The normalized spacial score (nSPS) is 26.5. The molecule has 3 fully saturated rings. The fourth-order valence-corrected chi connectivity index (χ4v) is 5.61. The van der Waals surface area contributed by atoms with Gasteiger partial charge in [0.2, 0.25) is 0 Å². The lowest BCUT2D eigenvalue weighted by atomic mass is 9.84. The van der Waals surface area contributed by atoms with Crippen LogP contribution >= 0.6 is 0 Å². The number of halogens is 1. The summed E-state index contributed by atoms with van der Waals surface area (Å²) in [6.07, 6.45) is 6.43. The molecule has 0 radical (unpaired) electrons. The Kier molecular flexibility index (Phi) is 5.69. The van der Waals surface area contributed by atoms with Crippen LogP contribution in [0.4, 0.5) is 9.18 Å². The maximum Gasteiger partial charge on any atom is 0.407 e. The Bertz CT molecular complexity index is 910. The van der Waals surface area contributed by atoms with Crippen molar-refractivity contribution in [2.24, 2.45) is 5.92 Å². The number of nitrogens with zero attached hydrogens (tertiary/aromatic N) is 2. The van der Waals surface area contributed by atoms with Gasteiger partial charge in [-0.3, -0.25) is 4.90 Å². The van der Waals surface area contributed by atoms with Crippen molar-refractivity contribution >= 4 is 15.9 Å². The standard InChI is InChI=1S/C21H29FN2O5S/c1-30(27,28)17-6-7-19(18(22)12-17)29-13-15-2-4-16(5-3-15)24-11-10-23(20(25)26)14-21(24)8-9-21/h6-7,12,15-16H,2-5,8-11,13-14H2,1H3,(H,25,26). The zero-order valence-electron chi connectivity index (χ0n) is 17.2. The average Bonchev–Trinajstić information content (AvgIpc) is 3.46. The lowest BCUT2D eigenvalue weighted by Crippen LogP contribution is -2.59. The van der Waals surface area contributed by atoms with Crippen molar-refractivity contribution in [3.05, 3.63) is 24.0 Å². The van der Waals surface area contributed by atoms with Gasteiger partial charge in [-0.05, 0) is 62.6 Å². The summed E-state index contributed by atoms with van der Waals surface area (Å²) in [4.78, 5) is 15.4. The number of hydrogen-bond acceptors (Lipinski definition) is 5. The Labute approximate surface area is 176 Å². The van der Waals surface area contributed by atoms with Gasteiger partial charge < -0.3 is 14.7 Å². The predicted molar refractivity (Wildman–Crippen MR) is 109 cm³/mol. The zero-order chi connectivity index (χ0) is 21.5. The second-order valence-electron chi connectivity index (χ2n) is 8.97. The third-order valence-corrected chi connectivity index (χ3v) is 7.98. The van der Waals surface area contributed by atoms with E-state index in [0.29, 0.717) is 31.7 Å². The number of hydrogen-bond donors (Lipinski definition) is 1. The number of rotatable bonds is 5. The molecule has 4 rings (SSSR count). The molecule has 1 aromatic carbocycles. The summed E-state index contributed by atoms with van der Waals surface area (Å²) in [7, 11) is -3.44. The molecule has 0 atom stereocenters. The molecule has 0 aromatic heterocycles. The van der Waals surface area contributed by atoms with Crippen molar-refractivity contribution in [2.75, 3.05) is 32.5 Å². The molecule has 0 unspecified atom stereocenters. The molecule has 1 heterocycles. The first-order valence-electron chi connectivity index (χ1n) is 10.5. The van der Waals surface area contributed by atoms with Crippen LogP contribution in [0.15, 0.2) is 23.1 Å². The van der Waals surface area contributed by atoms with Crippen molar-refractivity contribution in [2.45, 2.75) is 55.0 Å². The van der Waals surface area contributed by atoms with E-state index in [-0.39, 0.29) is 16.2 Å². The summed E-state index contributed by atoms with van der Waals surface area (Å²) in [5, 5.41) is 9.29. The molecule has 9 heteroatoms. The number of carbonyl (C=O) groups is 1. The van der Waals surface area contributed by atoms with Crippen molar-refractivity contribution < 1.29 is 27.4 Å². The van der Waals surface area contributed by atoms with Crippen LogP contribution in [-0.4, -0.2) is 73.5 Å². The van der Waals surface area contributed by atoms with Crippen molar-refractivity contribution in [3.8, 4) is 5.75 Å². The molecule has 1 aromatic rings. The number of carboxylic acid groups (broad SMARTS) is 1. The minimum Gasteiger partial charge on any atom is -0.490 e. The lowest BCUT2D eigenvalue weighted by molar-refractivity contribution is 0.00898. The summed E-state index contributed by atoms with van der Waals surface area (Å²) < 4.78 is 42.9. The van der Waals surface area contributed by atoms with Gasteiger partial charge in [-0.2, -0.15) is 0 Å². The van der Waals surface area contributed by atoms with E-state index < -0.39 is 21.7 Å². The van der Waals surface area contributed by atoms with Crippen LogP contribution in [0.3, 0.4) is 0 Å². The average molecular weight is 441 g/mol. The minimum atomic E-state index is -3.44. The van der Waals surface area contributed by atoms with Crippen molar-refractivity contribution in [1.82, 2.24) is 9.80 Å². The molecule has 1 aliphatic heterocycles. The van der Waals surface area contributed by atoms with Crippen LogP contribution in [0.25, 0.3) is 0 Å². The molecule has 1 amide bonds. The zero-order valence-corrected chi connectivity index (χ0v) is 18.0. The van der Waals surface area contributed by atoms with Gasteiger partial charge in [0.15, 0.2) is 21.4 Å². The van der Waals surface area contributed by atoms with Gasteiger partial charge in [0.05, 0.1) is 11.5 Å². The number of amides is 1. The number of piperazine rings is 1. The number of benzene rings is 1. The molecule has 1 saturated heterocycles. The van der Waals surface area contributed by atoms with E-state index in [1.165, 1.54) is 12.1 Å². The maximum absolute atomic E-state index is 14.2. The van der Waals surface area contributed by atoms with Gasteiger partial charge in [0.1, 0.15) is 0 Å². The largest absolute Gasteiger partial charge is 0.490 e. The van der Waals surface area contributed by atoms with E-state index in [9.17, 15) is 22.7 Å². The first-order chi connectivity index (χ1) is 14.2. The van der Waals surface area contributed by atoms with Gasteiger partial charge in [-0.1, -0.05) is 0 Å². The number of sulfone groups is 1. The smallest absolute Gasteiger partial charge is 0.407 e. The van der Waals surface area contributed by atoms with E-state index in [1.807, 2.05) is 0 Å². The molecule has 30 heavy (non-hydrogen) atoms. The first-order valence-corrected chi connectivity index (χ1v) is 12.4. The van der Waals surface area contributed by atoms with Gasteiger partial charge >= 0.3 is 6.09 Å². The fourth-order valence-electron chi connectivity index (χ4n) is 4.97. The van der Waals surface area contributed by atoms with E-state index in [2.05, 4.69) is 4.90 Å². The van der Waals surface area contributed by atoms with Crippen LogP contribution in [0.2, 0.25) is 0 Å². The summed E-state index contributed by atoms with van der Waals surface area (Å²) in [5.74, 6) is -0.226. The topological polar surface area (TPSA) is 87.2 Å². The Balaban J connectivity index is 1.28. The third kappa shape index (κ3) is 4.42. The summed E-state index contributed by atoms with van der Waals surface area (Å²) >= 11 is 0. The molecule has 2 aliphatic carbocycles. The Morgan fingerprint density at radius 1 is 1.23 bits per heavy atom. The molecule has 7 nitrogen and oxygen atoms in total. The van der Waals surface area contributed by atoms with E-state index >= 15 is 0 Å². The van der Waals surface area contributed by atoms with Gasteiger partial charge in [-0.15, -0.1) is 0 Å². The van der Waals surface area contributed by atoms with Crippen molar-refractivity contribution in [1.29, 1.82) is 0 Å². The second kappa shape index (κ2) is 8.00. The summed E-state index contributed by atoms with van der Waals surface area (Å²) in [6.45, 7) is 2.41. The van der Waals surface area contributed by atoms with Crippen LogP contribution in [0, 0.1) is 11.7 Å². The monoisotopic (exact) mass is 440 g/mol. The molecule has 1 spiro atoms. The Morgan fingerprint density at radius 3 is 2.50 bits per heavy atom. The molecular formula is C21H29FN2O5S. The van der Waals surface area contributed by atoms with Crippen LogP contribution in [0.1, 0.15) is 38.5 Å². The van der Waals surface area contributed by atoms with E-state index in [1.54, 1.807) is 4.90 Å². The second-order valence-corrected chi connectivity index (χ2v) is 11.0. The molecule has 166 valence electrons. The summed E-state index contributed by atoms with van der Waals surface area (Å²) in [5.41, 5.74) is 0.0507. The Hall–Kier alpha value is -1.87. The Morgan fingerprint density at radius 2 is 1.93 bits per heavy atom. The van der Waals surface area contributed by atoms with Gasteiger partial charge in [-0.25, -0.2) is 17.6 Å². The van der Waals surface area contributed by atoms with Crippen LogP contribution < -0.4 is 4.74 Å². The highest BCUT2D eigenvalue weighted by Crippen LogP contribution is 2.47. The molecular weight excluding hydrogens is 411 g/mol. The third-order valence-electron chi connectivity index (χ3n) is 6.87. The first kappa shape index (κ1) is 21.4. The van der Waals surface area contributed by atoms with Gasteiger partial charge in [0.25, 0.3) is 0 Å². The highest BCUT2D eigenvalue weighted by Gasteiger charge is 2.54. The molecule has 2 saturated carbocycles. The van der Waals surface area contributed by atoms with E-state index in [4.69, 9.17) is 4.74 Å². The highest BCUT2D eigenvalue weighted by atomic mass is 32.2. The van der Waals surface area contributed by atoms with Gasteiger partial charge in [0, 0.05) is 37.5 Å². The van der Waals surface area contributed by atoms with Crippen LogP contribution in [-0.2, 0) is 9.84 Å². The van der Waals surface area contributed by atoms with E-state index in [0.717, 1.165) is 57.4 Å². The molecule has 3 aliphatic rings. The quantitative estimate of drug-likeness (QED) is 0.758. The van der Waals surface area contributed by atoms with Crippen molar-refractivity contribution in [3.63, 3.8) is 0 Å². The predicted octanol–water partition coefficient (Wildman–Crippen LogP) is 3.00. The molecule has 1 N–H and O–H groups in total. The maximum atomic E-state index is 14.2. The molecule has 0 bridgehead atoms. The lowest BCUT2D eigenvalue weighted by Gasteiger charge is -2.47. The summed E-state index contributed by atoms with van der Waals surface area (Å²) in [6, 6.07) is 4.24. The minimum absolute atomic E-state index is 0.0507.